The Labute approximate surface area is 183 Å². The number of rotatable bonds is 5. The Morgan fingerprint density at radius 2 is 1.74 bits per heavy atom. The minimum Gasteiger partial charge on any atom is -0.497 e. The lowest BCUT2D eigenvalue weighted by Crippen LogP contribution is -2.39. The maximum Gasteiger partial charge on any atom is 0.319 e. The predicted octanol–water partition coefficient (Wildman–Crippen LogP) is 2.19. The van der Waals surface area contributed by atoms with Crippen LogP contribution in [0.2, 0.25) is 0 Å². The molecule has 8 nitrogen and oxygen atoms in total. The van der Waals surface area contributed by atoms with Gasteiger partial charge in [-0.2, -0.15) is 0 Å². The number of benzene rings is 1. The molecule has 1 amide bonds. The summed E-state index contributed by atoms with van der Waals surface area (Å²) < 4.78 is 10.1. The number of fused-ring (bicyclic) bond motifs is 1. The second-order valence-corrected chi connectivity index (χ2v) is 8.49. The Morgan fingerprint density at radius 3 is 2.32 bits per heavy atom. The zero-order valence-electron chi connectivity index (χ0n) is 18.2. The monoisotopic (exact) mass is 432 g/mol. The maximum atomic E-state index is 13.3. The average Bonchev–Trinajstić information content (AvgIpc) is 3.50. The van der Waals surface area contributed by atoms with Gasteiger partial charge in [-0.3, -0.25) is 19.3 Å². The Morgan fingerprint density at radius 1 is 1.10 bits per heavy atom. The van der Waals surface area contributed by atoms with Crippen LogP contribution in [0.15, 0.2) is 24.3 Å². The number of hydrogen-bond donors (Lipinski definition) is 1. The first kappa shape index (κ1) is 23.1. The summed E-state index contributed by atoms with van der Waals surface area (Å²) in [6.07, 6.45) is 4.37. The number of methoxy groups -OCH3 is 2. The molecule has 3 fully saturated rings. The van der Waals surface area contributed by atoms with Gasteiger partial charge in [0.25, 0.3) is 6.47 Å². The van der Waals surface area contributed by atoms with Gasteiger partial charge in [0.1, 0.15) is 5.75 Å². The van der Waals surface area contributed by atoms with Gasteiger partial charge in [0.2, 0.25) is 5.91 Å². The molecular formula is C23H32N2O6. The fourth-order valence-electron chi connectivity index (χ4n) is 5.38. The zero-order valence-corrected chi connectivity index (χ0v) is 18.2. The van der Waals surface area contributed by atoms with E-state index in [1.807, 2.05) is 12.1 Å². The van der Waals surface area contributed by atoms with E-state index in [0.717, 1.165) is 51.1 Å². The van der Waals surface area contributed by atoms with Crippen LogP contribution >= 0.6 is 0 Å². The molecule has 4 rings (SSSR count). The molecule has 2 aliphatic heterocycles. The van der Waals surface area contributed by atoms with E-state index in [0.29, 0.717) is 24.3 Å². The lowest BCUT2D eigenvalue weighted by atomic mass is 9.89. The number of hydrogen-bond acceptors (Lipinski definition) is 6. The van der Waals surface area contributed by atoms with E-state index in [2.05, 4.69) is 21.9 Å². The molecule has 1 aliphatic carbocycles. The van der Waals surface area contributed by atoms with Gasteiger partial charge in [-0.05, 0) is 36.5 Å². The molecule has 170 valence electrons. The fourth-order valence-corrected chi connectivity index (χ4v) is 5.38. The first-order valence-corrected chi connectivity index (χ1v) is 10.8. The maximum absolute atomic E-state index is 13.3. The van der Waals surface area contributed by atoms with Crippen LogP contribution < -0.4 is 4.74 Å². The molecule has 0 spiro atoms. The Bertz CT molecular complexity index is 762. The molecule has 3 atom stereocenters. The lowest BCUT2D eigenvalue weighted by Gasteiger charge is -2.31. The number of esters is 1. The quantitative estimate of drug-likeness (QED) is 0.563. The second-order valence-electron chi connectivity index (χ2n) is 8.49. The van der Waals surface area contributed by atoms with Gasteiger partial charge < -0.3 is 19.5 Å². The summed E-state index contributed by atoms with van der Waals surface area (Å²) in [7, 11) is 3.10. The summed E-state index contributed by atoms with van der Waals surface area (Å²) in [6.45, 7) is 2.54. The van der Waals surface area contributed by atoms with Crippen molar-refractivity contribution >= 4 is 18.3 Å². The summed E-state index contributed by atoms with van der Waals surface area (Å²) in [5.74, 6) is 1.90. The zero-order chi connectivity index (χ0) is 22.4. The van der Waals surface area contributed by atoms with Crippen LogP contribution in [0.4, 0.5) is 0 Å². The molecule has 2 saturated heterocycles. The molecule has 31 heavy (non-hydrogen) atoms. The van der Waals surface area contributed by atoms with E-state index in [1.165, 1.54) is 12.7 Å². The van der Waals surface area contributed by atoms with Gasteiger partial charge in [-0.25, -0.2) is 0 Å². The molecule has 1 aromatic carbocycles. The van der Waals surface area contributed by atoms with Crippen LogP contribution in [0, 0.1) is 17.8 Å². The molecular weight excluding hydrogens is 400 g/mol. The second kappa shape index (κ2) is 10.6. The van der Waals surface area contributed by atoms with Crippen LogP contribution in [0.1, 0.15) is 37.3 Å². The van der Waals surface area contributed by atoms with E-state index in [1.54, 1.807) is 7.11 Å². The molecule has 0 bridgehead atoms. The van der Waals surface area contributed by atoms with Crippen LogP contribution in [0.25, 0.3) is 0 Å². The third-order valence-corrected chi connectivity index (χ3v) is 6.76. The highest BCUT2D eigenvalue weighted by Gasteiger charge is 2.50. The highest BCUT2D eigenvalue weighted by molar-refractivity contribution is 5.80. The van der Waals surface area contributed by atoms with E-state index >= 15 is 0 Å². The van der Waals surface area contributed by atoms with Gasteiger partial charge in [0, 0.05) is 31.5 Å². The average molecular weight is 433 g/mol. The van der Waals surface area contributed by atoms with Crippen molar-refractivity contribution in [2.45, 2.75) is 31.7 Å². The van der Waals surface area contributed by atoms with Crippen molar-refractivity contribution in [1.29, 1.82) is 0 Å². The Kier molecular flexibility index (Phi) is 7.90. The van der Waals surface area contributed by atoms with Crippen molar-refractivity contribution in [3.63, 3.8) is 0 Å². The molecule has 2 heterocycles. The standard InChI is InChI=1S/C22H30N2O4.CH2O2/c1-27-18-9-7-15(8-10-18)21-19-13-23(14-20(25)28-2)11-17(19)12-24(21)22(26)16-5-3-4-6-16;2-1-3/h7-10,16-17,19,21H,3-6,11-14H2,1-2H3;1H,(H,2,3)/t17-,19-,21-;/m0./s1. The molecule has 1 N–H and O–H groups in total. The molecule has 3 aliphatic rings. The molecule has 0 radical (unpaired) electrons. The normalized spacial score (nSPS) is 25.5. The highest BCUT2D eigenvalue weighted by atomic mass is 16.5. The molecule has 0 unspecified atom stereocenters. The van der Waals surface area contributed by atoms with Crippen LogP contribution in [0.3, 0.4) is 0 Å². The smallest absolute Gasteiger partial charge is 0.319 e. The van der Waals surface area contributed by atoms with Gasteiger partial charge >= 0.3 is 5.97 Å². The first-order valence-electron chi connectivity index (χ1n) is 10.8. The summed E-state index contributed by atoms with van der Waals surface area (Å²) >= 11 is 0. The largest absolute Gasteiger partial charge is 0.497 e. The van der Waals surface area contributed by atoms with Crippen molar-refractivity contribution in [1.82, 2.24) is 9.80 Å². The van der Waals surface area contributed by atoms with E-state index < -0.39 is 0 Å². The molecule has 1 aromatic rings. The highest BCUT2D eigenvalue weighted by Crippen LogP contribution is 2.46. The third kappa shape index (κ3) is 5.18. The lowest BCUT2D eigenvalue weighted by molar-refractivity contribution is -0.142. The van der Waals surface area contributed by atoms with Crippen molar-refractivity contribution in [2.24, 2.45) is 17.8 Å². The number of carboxylic acid groups (broad SMARTS) is 1. The number of nitrogens with zero attached hydrogens (tertiary/aromatic N) is 2. The first-order chi connectivity index (χ1) is 15.0. The van der Waals surface area contributed by atoms with E-state index in [9.17, 15) is 9.59 Å². The van der Waals surface area contributed by atoms with Crippen molar-refractivity contribution in [2.75, 3.05) is 40.4 Å². The molecule has 1 saturated carbocycles. The number of carbonyl (C=O) groups is 3. The van der Waals surface area contributed by atoms with Crippen molar-refractivity contribution < 1.29 is 29.0 Å². The van der Waals surface area contributed by atoms with E-state index in [4.69, 9.17) is 19.4 Å². The number of amides is 1. The predicted molar refractivity (Wildman–Crippen MR) is 114 cm³/mol. The Hall–Kier alpha value is -2.61. The Balaban J connectivity index is 0.000000858. The minimum absolute atomic E-state index is 0.0756. The topological polar surface area (TPSA) is 96.4 Å². The van der Waals surface area contributed by atoms with E-state index in [-0.39, 0.29) is 24.4 Å². The summed E-state index contributed by atoms with van der Waals surface area (Å²) in [5.41, 5.74) is 1.17. The van der Waals surface area contributed by atoms with Crippen molar-refractivity contribution in [3.05, 3.63) is 29.8 Å². The molecule has 0 aromatic heterocycles. The summed E-state index contributed by atoms with van der Waals surface area (Å²) in [4.78, 5) is 37.7. The number of carbonyl (C=O) groups excluding carboxylic acids is 2. The van der Waals surface area contributed by atoms with Gasteiger partial charge in [0.05, 0.1) is 26.8 Å². The van der Waals surface area contributed by atoms with Gasteiger partial charge in [-0.1, -0.05) is 25.0 Å². The summed E-state index contributed by atoms with van der Waals surface area (Å²) in [6, 6.07) is 8.20. The summed E-state index contributed by atoms with van der Waals surface area (Å²) in [5, 5.41) is 6.89. The fraction of sp³-hybridized carbons (Fsp3) is 0.609. The van der Waals surface area contributed by atoms with Crippen LogP contribution in [-0.4, -0.2) is 73.7 Å². The SMILES string of the molecule is COC(=O)CN1C[C@H]2CN(C(=O)C3CCCC3)[C@@H](c3ccc(OC)cc3)[C@H]2C1.O=CO. The van der Waals surface area contributed by atoms with Crippen LogP contribution in [-0.2, 0) is 19.1 Å². The minimum atomic E-state index is -0.250. The van der Waals surface area contributed by atoms with Crippen molar-refractivity contribution in [3.8, 4) is 5.75 Å². The van der Waals surface area contributed by atoms with Gasteiger partial charge in [-0.15, -0.1) is 0 Å². The van der Waals surface area contributed by atoms with Crippen LogP contribution in [0.5, 0.6) is 5.75 Å². The number of ether oxygens (including phenoxy) is 2. The molecule has 8 heteroatoms. The van der Waals surface area contributed by atoms with Gasteiger partial charge in [0.15, 0.2) is 0 Å². The third-order valence-electron chi connectivity index (χ3n) is 6.76. The number of likely N-dealkylation sites (tertiary alicyclic amines) is 2.